The first-order chi connectivity index (χ1) is 8.11. The van der Waals surface area contributed by atoms with Gasteiger partial charge in [0.1, 0.15) is 0 Å². The molecular weight excluding hydrogens is 351 g/mol. The van der Waals surface area contributed by atoms with E-state index in [9.17, 15) is 9.59 Å². The Hall–Kier alpha value is -0.890. The predicted molar refractivity (Wildman–Crippen MR) is 76.8 cm³/mol. The third-order valence-electron chi connectivity index (χ3n) is 2.39. The molecule has 0 spiro atoms. The van der Waals surface area contributed by atoms with Gasteiger partial charge in [-0.2, -0.15) is 0 Å². The lowest BCUT2D eigenvalue weighted by Gasteiger charge is -2.00. The van der Waals surface area contributed by atoms with Gasteiger partial charge >= 0.3 is 10.6 Å². The molecule has 0 atom stereocenters. The number of nitrogens with zero attached hydrogens (tertiary/aromatic N) is 2. The molecule has 0 fully saturated rings. The molecule has 1 heterocycles. The monoisotopic (exact) mass is 362 g/mol. The number of halogens is 1. The van der Waals surface area contributed by atoms with E-state index >= 15 is 0 Å². The maximum absolute atomic E-state index is 11.8. The second-order valence-corrected chi connectivity index (χ2v) is 5.77. The quantitative estimate of drug-likeness (QED) is 0.781. The van der Waals surface area contributed by atoms with Crippen molar-refractivity contribution in [3.63, 3.8) is 0 Å². The molecule has 0 amide bonds. The fraction of sp³-hybridized carbons (Fsp3) is 0.273. The van der Waals surface area contributed by atoms with E-state index in [1.807, 2.05) is 31.2 Å². The number of hydrogen-bond acceptors (Lipinski definition) is 3. The fourth-order valence-electron chi connectivity index (χ4n) is 1.50. The number of benzene rings is 1. The van der Waals surface area contributed by atoms with Gasteiger partial charge in [-0.05, 0) is 47.2 Å². The van der Waals surface area contributed by atoms with Crippen LogP contribution in [-0.2, 0) is 13.1 Å². The van der Waals surface area contributed by atoms with Crippen molar-refractivity contribution >= 4 is 34.1 Å². The molecule has 0 saturated carbocycles. The van der Waals surface area contributed by atoms with Crippen LogP contribution in [0.1, 0.15) is 12.5 Å². The molecule has 17 heavy (non-hydrogen) atoms. The number of aromatic nitrogens is 2. The number of rotatable bonds is 3. The van der Waals surface area contributed by atoms with Gasteiger partial charge in [-0.1, -0.05) is 12.1 Å². The summed E-state index contributed by atoms with van der Waals surface area (Å²) in [5, 5.41) is 0. The van der Waals surface area contributed by atoms with Crippen molar-refractivity contribution in [3.05, 3.63) is 53.6 Å². The summed E-state index contributed by atoms with van der Waals surface area (Å²) in [4.78, 5) is 23.3. The van der Waals surface area contributed by atoms with Crippen molar-refractivity contribution in [1.82, 2.24) is 8.52 Å². The average Bonchev–Trinajstić information content (AvgIpc) is 2.59. The Bertz CT molecular complexity index is 624. The molecule has 1 aromatic carbocycles. The third-order valence-corrected chi connectivity index (χ3v) is 4.12. The van der Waals surface area contributed by atoms with Gasteiger partial charge in [0.25, 0.3) is 0 Å². The summed E-state index contributed by atoms with van der Waals surface area (Å²) < 4.78 is 3.88. The van der Waals surface area contributed by atoms with Crippen molar-refractivity contribution in [2.24, 2.45) is 0 Å². The Morgan fingerprint density at radius 3 is 2.41 bits per heavy atom. The van der Waals surface area contributed by atoms with E-state index in [-0.39, 0.29) is 10.6 Å². The SMILES string of the molecule is CCn1sc(=O)n(Cc2ccc(I)cc2)c1=O. The lowest BCUT2D eigenvalue weighted by molar-refractivity contribution is 0.675. The van der Waals surface area contributed by atoms with E-state index in [4.69, 9.17) is 0 Å². The summed E-state index contributed by atoms with van der Waals surface area (Å²) in [5.41, 5.74) is 0.742. The fourth-order valence-corrected chi connectivity index (χ4v) is 2.59. The Kier molecular flexibility index (Phi) is 3.82. The Morgan fingerprint density at radius 2 is 1.88 bits per heavy atom. The predicted octanol–water partition coefficient (Wildman–Crippen LogP) is 1.74. The molecular formula is C11H11IN2O2S. The van der Waals surface area contributed by atoms with E-state index in [1.165, 1.54) is 8.52 Å². The molecule has 0 unspecified atom stereocenters. The molecule has 0 aliphatic carbocycles. The maximum atomic E-state index is 11.8. The van der Waals surface area contributed by atoms with Crippen LogP contribution in [0.2, 0.25) is 0 Å². The van der Waals surface area contributed by atoms with Crippen LogP contribution in [0.3, 0.4) is 0 Å². The Morgan fingerprint density at radius 1 is 1.24 bits per heavy atom. The topological polar surface area (TPSA) is 44.0 Å². The van der Waals surface area contributed by atoms with Crippen molar-refractivity contribution < 1.29 is 0 Å². The van der Waals surface area contributed by atoms with Crippen molar-refractivity contribution in [1.29, 1.82) is 0 Å². The summed E-state index contributed by atoms with van der Waals surface area (Å²) in [6.45, 7) is 2.74. The van der Waals surface area contributed by atoms with Gasteiger partial charge in [0, 0.05) is 21.6 Å². The van der Waals surface area contributed by atoms with Gasteiger partial charge in [-0.15, -0.1) is 0 Å². The highest BCUT2D eigenvalue weighted by atomic mass is 127. The van der Waals surface area contributed by atoms with Gasteiger partial charge in [0.05, 0.1) is 6.54 Å². The van der Waals surface area contributed by atoms with Gasteiger partial charge < -0.3 is 0 Å². The first kappa shape index (κ1) is 12.6. The van der Waals surface area contributed by atoms with Crippen LogP contribution in [0, 0.1) is 3.57 Å². The summed E-state index contributed by atoms with van der Waals surface area (Å²) in [6.07, 6.45) is 0. The summed E-state index contributed by atoms with van der Waals surface area (Å²) in [7, 11) is 0. The van der Waals surface area contributed by atoms with E-state index in [0.29, 0.717) is 13.1 Å². The van der Waals surface area contributed by atoms with Gasteiger partial charge in [0.2, 0.25) is 0 Å². The second kappa shape index (κ2) is 5.18. The second-order valence-electron chi connectivity index (χ2n) is 3.55. The molecule has 0 saturated heterocycles. The van der Waals surface area contributed by atoms with Gasteiger partial charge in [-0.3, -0.25) is 4.79 Å². The van der Waals surface area contributed by atoms with E-state index in [2.05, 4.69) is 22.6 Å². The van der Waals surface area contributed by atoms with E-state index < -0.39 is 0 Å². The molecule has 0 aliphatic rings. The molecule has 0 bridgehead atoms. The highest BCUT2D eigenvalue weighted by Crippen LogP contribution is 2.07. The van der Waals surface area contributed by atoms with Crippen LogP contribution in [0.4, 0.5) is 0 Å². The molecule has 0 aliphatic heterocycles. The van der Waals surface area contributed by atoms with Crippen LogP contribution in [0.15, 0.2) is 33.9 Å². The Balaban J connectivity index is 2.36. The Labute approximate surface area is 116 Å². The van der Waals surface area contributed by atoms with Crippen LogP contribution in [-0.4, -0.2) is 8.52 Å². The lowest BCUT2D eigenvalue weighted by Crippen LogP contribution is -2.29. The van der Waals surface area contributed by atoms with Crippen LogP contribution < -0.4 is 10.6 Å². The molecule has 1 aromatic heterocycles. The zero-order valence-corrected chi connectivity index (χ0v) is 12.2. The normalized spacial score (nSPS) is 10.7. The van der Waals surface area contributed by atoms with Crippen LogP contribution in [0.25, 0.3) is 0 Å². The molecule has 2 aromatic rings. The van der Waals surface area contributed by atoms with Crippen LogP contribution >= 0.6 is 34.1 Å². The minimum absolute atomic E-state index is 0.199. The largest absolute Gasteiger partial charge is 0.341 e. The van der Waals surface area contributed by atoms with E-state index in [0.717, 1.165) is 20.7 Å². The molecule has 90 valence electrons. The minimum Gasteiger partial charge on any atom is -0.255 e. The van der Waals surface area contributed by atoms with Crippen molar-refractivity contribution in [2.45, 2.75) is 20.0 Å². The molecule has 6 heteroatoms. The highest BCUT2D eigenvalue weighted by Gasteiger charge is 2.08. The molecule has 4 nitrogen and oxygen atoms in total. The standard InChI is InChI=1S/C11H11IN2O2S/c1-2-14-10(15)13(11(16)17-14)7-8-3-5-9(12)6-4-8/h3-6H,2,7H2,1H3. The average molecular weight is 362 g/mol. The summed E-state index contributed by atoms with van der Waals surface area (Å²) in [6, 6.07) is 7.79. The molecule has 0 radical (unpaired) electrons. The first-order valence-electron chi connectivity index (χ1n) is 5.17. The van der Waals surface area contributed by atoms with Gasteiger partial charge in [-0.25, -0.2) is 13.3 Å². The van der Waals surface area contributed by atoms with Gasteiger partial charge in [0.15, 0.2) is 0 Å². The van der Waals surface area contributed by atoms with Crippen molar-refractivity contribution in [2.75, 3.05) is 0 Å². The smallest absolute Gasteiger partial charge is 0.255 e. The number of hydrogen-bond donors (Lipinski definition) is 0. The zero-order chi connectivity index (χ0) is 12.4. The van der Waals surface area contributed by atoms with E-state index in [1.54, 1.807) is 0 Å². The first-order valence-corrected chi connectivity index (χ1v) is 7.02. The minimum atomic E-state index is -0.221. The van der Waals surface area contributed by atoms with Crippen molar-refractivity contribution in [3.8, 4) is 0 Å². The third kappa shape index (κ3) is 2.68. The van der Waals surface area contributed by atoms with Crippen LogP contribution in [0.5, 0.6) is 0 Å². The summed E-state index contributed by atoms with van der Waals surface area (Å²) >= 11 is 3.19. The maximum Gasteiger partial charge on any atom is 0.341 e. The zero-order valence-electron chi connectivity index (χ0n) is 9.22. The highest BCUT2D eigenvalue weighted by molar-refractivity contribution is 14.1. The lowest BCUT2D eigenvalue weighted by atomic mass is 10.2. The molecule has 0 N–H and O–H groups in total. The summed E-state index contributed by atoms with van der Waals surface area (Å²) in [5.74, 6) is 0. The number of aryl methyl sites for hydroxylation is 1. The molecule has 2 rings (SSSR count).